The Morgan fingerprint density at radius 2 is 1.81 bits per heavy atom. The molecule has 0 saturated heterocycles. The highest BCUT2D eigenvalue weighted by molar-refractivity contribution is 5.97. The van der Waals surface area contributed by atoms with Crippen molar-refractivity contribution in [3.05, 3.63) is 72.9 Å². The van der Waals surface area contributed by atoms with Gasteiger partial charge in [0.25, 0.3) is 0 Å². The van der Waals surface area contributed by atoms with Gasteiger partial charge in [-0.15, -0.1) is 0 Å². The van der Waals surface area contributed by atoms with Crippen LogP contribution in [0.2, 0.25) is 0 Å². The van der Waals surface area contributed by atoms with E-state index in [-0.39, 0.29) is 5.75 Å². The lowest BCUT2D eigenvalue weighted by Crippen LogP contribution is -2.09. The number of imidazole rings is 1. The third-order valence-corrected chi connectivity index (χ3v) is 5.87. The predicted molar refractivity (Wildman–Crippen MR) is 138 cm³/mol. The zero-order valence-corrected chi connectivity index (χ0v) is 19.5. The van der Waals surface area contributed by atoms with Gasteiger partial charge in [-0.1, -0.05) is 6.07 Å². The molecule has 178 valence electrons. The van der Waals surface area contributed by atoms with E-state index in [0.717, 1.165) is 39.3 Å². The second kappa shape index (κ2) is 8.46. The van der Waals surface area contributed by atoms with Gasteiger partial charge in [-0.05, 0) is 55.8 Å². The smallest absolute Gasteiger partial charge is 0.159 e. The van der Waals surface area contributed by atoms with Gasteiger partial charge in [-0.2, -0.15) is 5.10 Å². The molecule has 0 fully saturated rings. The lowest BCUT2D eigenvalue weighted by atomic mass is 10.0. The van der Waals surface area contributed by atoms with Crippen LogP contribution >= 0.6 is 0 Å². The van der Waals surface area contributed by atoms with Crippen molar-refractivity contribution in [2.45, 2.75) is 19.9 Å². The molecule has 36 heavy (non-hydrogen) atoms. The molecule has 0 bridgehead atoms. The van der Waals surface area contributed by atoms with Gasteiger partial charge in [-0.25, -0.2) is 9.37 Å². The summed E-state index contributed by atoms with van der Waals surface area (Å²) in [5, 5.41) is 21.7. The molecular formula is C27H22FN7O. The van der Waals surface area contributed by atoms with E-state index in [1.165, 1.54) is 12.1 Å². The van der Waals surface area contributed by atoms with Crippen LogP contribution in [0.4, 0.5) is 10.1 Å². The SMILES string of the molecule is CC(C)Nc1cncc(-c2ccc3[nH]nc(-c4nc5c(-c6cc(O)cc(F)c6)nccc5[nH]4)c3c2)c1. The van der Waals surface area contributed by atoms with Gasteiger partial charge in [0.05, 0.1) is 22.4 Å². The van der Waals surface area contributed by atoms with Crippen molar-refractivity contribution in [2.24, 2.45) is 0 Å². The Balaban J connectivity index is 1.45. The van der Waals surface area contributed by atoms with Crippen molar-refractivity contribution in [3.8, 4) is 39.7 Å². The van der Waals surface area contributed by atoms with Crippen LogP contribution in [0, 0.1) is 5.82 Å². The molecule has 0 spiro atoms. The number of fused-ring (bicyclic) bond motifs is 2. The Morgan fingerprint density at radius 1 is 0.917 bits per heavy atom. The summed E-state index contributed by atoms with van der Waals surface area (Å²) in [5.74, 6) is -0.170. The Kier molecular flexibility index (Phi) is 5.10. The highest BCUT2D eigenvalue weighted by Crippen LogP contribution is 2.33. The van der Waals surface area contributed by atoms with Gasteiger partial charge >= 0.3 is 0 Å². The summed E-state index contributed by atoms with van der Waals surface area (Å²) in [4.78, 5) is 16.9. The first-order valence-corrected chi connectivity index (χ1v) is 11.5. The summed E-state index contributed by atoms with van der Waals surface area (Å²) in [5.41, 5.74) is 6.64. The number of aromatic hydroxyl groups is 1. The van der Waals surface area contributed by atoms with Crippen LogP contribution in [0.25, 0.3) is 55.8 Å². The predicted octanol–water partition coefficient (Wildman–Crippen LogP) is 5.90. The maximum Gasteiger partial charge on any atom is 0.159 e. The highest BCUT2D eigenvalue weighted by Gasteiger charge is 2.17. The number of halogens is 1. The minimum atomic E-state index is -0.549. The first kappa shape index (κ1) is 21.7. The number of pyridine rings is 2. The molecule has 4 heterocycles. The number of nitrogens with zero attached hydrogens (tertiary/aromatic N) is 4. The van der Waals surface area contributed by atoms with Crippen LogP contribution in [0.5, 0.6) is 5.75 Å². The number of hydrogen-bond donors (Lipinski definition) is 4. The van der Waals surface area contributed by atoms with E-state index in [1.54, 1.807) is 12.3 Å². The van der Waals surface area contributed by atoms with Crippen molar-refractivity contribution >= 4 is 27.6 Å². The maximum absolute atomic E-state index is 13.9. The summed E-state index contributed by atoms with van der Waals surface area (Å²) in [6.07, 6.45) is 5.26. The fourth-order valence-electron chi connectivity index (χ4n) is 4.35. The number of hydrogen-bond acceptors (Lipinski definition) is 6. The molecule has 0 unspecified atom stereocenters. The Labute approximate surface area is 205 Å². The molecule has 0 amide bonds. The highest BCUT2D eigenvalue weighted by atomic mass is 19.1. The topological polar surface area (TPSA) is 115 Å². The molecule has 0 saturated carbocycles. The molecule has 0 aliphatic rings. The first-order chi connectivity index (χ1) is 17.4. The van der Waals surface area contributed by atoms with Crippen molar-refractivity contribution in [3.63, 3.8) is 0 Å². The molecule has 8 nitrogen and oxygen atoms in total. The van der Waals surface area contributed by atoms with E-state index < -0.39 is 5.82 Å². The quantitative estimate of drug-likeness (QED) is 0.245. The second-order valence-corrected chi connectivity index (χ2v) is 8.93. The summed E-state index contributed by atoms with van der Waals surface area (Å²) in [6, 6.07) is 14.1. The molecule has 9 heteroatoms. The number of anilines is 1. The standard InChI is InChI=1S/C27H22FN7O/c1-14(2)31-19-8-17(12-29-13-19)15-3-4-22-21(10-15)25(35-34-22)27-32-23-5-6-30-24(26(23)33-27)16-7-18(28)11-20(36)9-16/h3-14,31,36H,1-2H3,(H,32,33)(H,34,35). The van der Waals surface area contributed by atoms with E-state index in [4.69, 9.17) is 4.98 Å². The van der Waals surface area contributed by atoms with Crippen LogP contribution in [-0.4, -0.2) is 41.3 Å². The van der Waals surface area contributed by atoms with E-state index in [1.807, 2.05) is 24.5 Å². The number of benzene rings is 2. The van der Waals surface area contributed by atoms with Gasteiger partial charge in [0, 0.05) is 47.2 Å². The van der Waals surface area contributed by atoms with Crippen molar-refractivity contribution < 1.29 is 9.50 Å². The number of nitrogens with one attached hydrogen (secondary N) is 3. The first-order valence-electron chi connectivity index (χ1n) is 11.5. The third kappa shape index (κ3) is 3.90. The molecular weight excluding hydrogens is 457 g/mol. The molecule has 4 aromatic heterocycles. The van der Waals surface area contributed by atoms with Gasteiger partial charge in [0.2, 0.25) is 0 Å². The fraction of sp³-hybridized carbons (Fsp3) is 0.111. The maximum atomic E-state index is 13.9. The molecule has 0 atom stereocenters. The second-order valence-electron chi connectivity index (χ2n) is 8.93. The lowest BCUT2D eigenvalue weighted by molar-refractivity contribution is 0.469. The van der Waals surface area contributed by atoms with Gasteiger partial charge in [-0.3, -0.25) is 15.1 Å². The summed E-state index contributed by atoms with van der Waals surface area (Å²) in [6.45, 7) is 4.17. The monoisotopic (exact) mass is 479 g/mol. The molecule has 0 radical (unpaired) electrons. The minimum Gasteiger partial charge on any atom is -0.508 e. The normalized spacial score (nSPS) is 11.6. The van der Waals surface area contributed by atoms with Crippen LogP contribution in [0.3, 0.4) is 0 Å². The van der Waals surface area contributed by atoms with E-state index in [0.29, 0.717) is 34.3 Å². The largest absolute Gasteiger partial charge is 0.508 e. The van der Waals surface area contributed by atoms with Crippen LogP contribution in [-0.2, 0) is 0 Å². The number of phenols is 1. The minimum absolute atomic E-state index is 0.174. The van der Waals surface area contributed by atoms with E-state index in [9.17, 15) is 9.50 Å². The lowest BCUT2D eigenvalue weighted by Gasteiger charge is -2.11. The van der Waals surface area contributed by atoms with E-state index >= 15 is 0 Å². The van der Waals surface area contributed by atoms with Crippen LogP contribution in [0.1, 0.15) is 13.8 Å². The molecule has 0 aliphatic heterocycles. The number of aromatic amines is 2. The Bertz CT molecular complexity index is 1720. The molecule has 4 N–H and O–H groups in total. The zero-order valence-electron chi connectivity index (χ0n) is 19.5. The Hall–Kier alpha value is -4.79. The Morgan fingerprint density at radius 3 is 2.64 bits per heavy atom. The average Bonchev–Trinajstić information content (AvgIpc) is 3.46. The zero-order chi connectivity index (χ0) is 24.8. The fourth-order valence-corrected chi connectivity index (χ4v) is 4.35. The molecule has 6 aromatic rings. The average molecular weight is 480 g/mol. The van der Waals surface area contributed by atoms with Crippen LogP contribution < -0.4 is 5.32 Å². The van der Waals surface area contributed by atoms with Crippen LogP contribution in [0.15, 0.2) is 67.1 Å². The number of H-pyrrole nitrogens is 2. The summed E-state index contributed by atoms with van der Waals surface area (Å²) >= 11 is 0. The summed E-state index contributed by atoms with van der Waals surface area (Å²) in [7, 11) is 0. The van der Waals surface area contributed by atoms with Crippen molar-refractivity contribution in [1.82, 2.24) is 30.1 Å². The van der Waals surface area contributed by atoms with E-state index in [2.05, 4.69) is 56.4 Å². The number of rotatable bonds is 5. The van der Waals surface area contributed by atoms with Gasteiger partial charge < -0.3 is 15.4 Å². The van der Waals surface area contributed by atoms with Gasteiger partial charge in [0.1, 0.15) is 22.8 Å². The number of phenolic OH excluding ortho intramolecular Hbond substituents is 1. The molecule has 0 aliphatic carbocycles. The van der Waals surface area contributed by atoms with Gasteiger partial charge in [0.15, 0.2) is 5.82 Å². The molecule has 2 aromatic carbocycles. The number of aromatic nitrogens is 6. The third-order valence-electron chi connectivity index (χ3n) is 5.87. The van der Waals surface area contributed by atoms with Crippen molar-refractivity contribution in [2.75, 3.05) is 5.32 Å². The molecule has 6 rings (SSSR count). The summed E-state index contributed by atoms with van der Waals surface area (Å²) < 4.78 is 13.9. The van der Waals surface area contributed by atoms with Crippen molar-refractivity contribution in [1.29, 1.82) is 0 Å².